The summed E-state index contributed by atoms with van der Waals surface area (Å²) in [4.78, 5) is 24.7. The molecule has 24 heavy (non-hydrogen) atoms. The van der Waals surface area contributed by atoms with Crippen molar-refractivity contribution < 1.29 is 23.1 Å². The summed E-state index contributed by atoms with van der Waals surface area (Å²) in [6.45, 7) is 3.31. The van der Waals surface area contributed by atoms with Crippen molar-refractivity contribution in [2.24, 2.45) is 0 Å². The van der Waals surface area contributed by atoms with Gasteiger partial charge in [0.15, 0.2) is 0 Å². The summed E-state index contributed by atoms with van der Waals surface area (Å²) in [6.07, 6.45) is 3.44. The van der Waals surface area contributed by atoms with Crippen molar-refractivity contribution >= 4 is 33.2 Å². The Balaban J connectivity index is 1.95. The van der Waals surface area contributed by atoms with Crippen LogP contribution in [0.5, 0.6) is 0 Å². The number of piperazine rings is 1. The van der Waals surface area contributed by atoms with E-state index in [0.29, 0.717) is 19.5 Å². The molecule has 1 aliphatic rings. The van der Waals surface area contributed by atoms with Crippen LogP contribution in [-0.4, -0.2) is 60.8 Å². The average Bonchev–Trinajstić information content (AvgIpc) is 3.06. The fourth-order valence-electron chi connectivity index (χ4n) is 2.55. The highest BCUT2D eigenvalue weighted by atomic mass is 32.2. The van der Waals surface area contributed by atoms with E-state index in [1.807, 2.05) is 0 Å². The molecular weight excluding hydrogens is 352 g/mol. The van der Waals surface area contributed by atoms with Crippen LogP contribution in [0, 0.1) is 0 Å². The van der Waals surface area contributed by atoms with E-state index in [1.165, 1.54) is 15.8 Å². The molecule has 7 nitrogen and oxygen atoms in total. The van der Waals surface area contributed by atoms with Crippen LogP contribution < -0.4 is 0 Å². The molecule has 0 aliphatic carbocycles. The van der Waals surface area contributed by atoms with Gasteiger partial charge in [-0.2, -0.15) is 4.31 Å². The van der Waals surface area contributed by atoms with Crippen molar-refractivity contribution in [1.29, 1.82) is 0 Å². The van der Waals surface area contributed by atoms with Gasteiger partial charge in [0, 0.05) is 38.0 Å². The molecule has 0 radical (unpaired) electrons. The molecular formula is C15H22N2O5S2. The van der Waals surface area contributed by atoms with Gasteiger partial charge in [-0.1, -0.05) is 19.8 Å². The number of unbranched alkanes of at least 4 members (excludes halogenated alkanes) is 2. The van der Waals surface area contributed by atoms with Gasteiger partial charge in [0.1, 0.15) is 4.21 Å². The van der Waals surface area contributed by atoms with E-state index in [4.69, 9.17) is 5.11 Å². The Morgan fingerprint density at radius 2 is 1.88 bits per heavy atom. The quantitative estimate of drug-likeness (QED) is 0.735. The van der Waals surface area contributed by atoms with Gasteiger partial charge in [-0.15, -0.1) is 11.3 Å². The minimum absolute atomic E-state index is 0.0247. The van der Waals surface area contributed by atoms with Gasteiger partial charge >= 0.3 is 5.97 Å². The molecule has 1 aliphatic heterocycles. The smallest absolute Gasteiger partial charge is 0.336 e. The molecule has 1 saturated heterocycles. The number of carboxylic acids is 1. The molecule has 1 fully saturated rings. The Kier molecular flexibility index (Phi) is 6.36. The Hall–Kier alpha value is -1.45. The molecule has 2 rings (SSSR count). The number of carbonyl (C=O) groups is 2. The van der Waals surface area contributed by atoms with Crippen LogP contribution in [0.2, 0.25) is 0 Å². The standard InChI is InChI=1S/C15H22N2O5S2/c1-2-3-4-5-13(18)16-6-8-17(9-7-16)24(21,22)14-10-12(11-23-14)15(19)20/h10-11H,2-9H2,1H3,(H,19,20). The van der Waals surface area contributed by atoms with E-state index in [0.717, 1.165) is 30.6 Å². The third-order valence-corrected chi connectivity index (χ3v) is 7.32. The van der Waals surface area contributed by atoms with Crippen molar-refractivity contribution in [2.45, 2.75) is 36.8 Å². The second kappa shape index (κ2) is 8.09. The van der Waals surface area contributed by atoms with Crippen LogP contribution in [0.15, 0.2) is 15.7 Å². The van der Waals surface area contributed by atoms with Gasteiger partial charge in [-0.25, -0.2) is 13.2 Å². The predicted octanol–water partition coefficient (Wildman–Crippen LogP) is 1.86. The minimum Gasteiger partial charge on any atom is -0.478 e. The highest BCUT2D eigenvalue weighted by Crippen LogP contribution is 2.25. The molecule has 0 aromatic carbocycles. The minimum atomic E-state index is -3.69. The number of thiophene rings is 1. The molecule has 1 amide bonds. The Morgan fingerprint density at radius 1 is 1.21 bits per heavy atom. The lowest BCUT2D eigenvalue weighted by atomic mass is 10.2. The molecule has 134 valence electrons. The Labute approximate surface area is 145 Å². The van der Waals surface area contributed by atoms with E-state index in [2.05, 4.69) is 6.92 Å². The molecule has 1 aromatic heterocycles. The van der Waals surface area contributed by atoms with Crippen molar-refractivity contribution in [1.82, 2.24) is 9.21 Å². The van der Waals surface area contributed by atoms with Crippen LogP contribution in [0.4, 0.5) is 0 Å². The Bertz CT molecular complexity index is 690. The lowest BCUT2D eigenvalue weighted by Gasteiger charge is -2.33. The summed E-state index contributed by atoms with van der Waals surface area (Å²) in [5.41, 5.74) is -0.0247. The fraction of sp³-hybridized carbons (Fsp3) is 0.600. The third-order valence-electron chi connectivity index (χ3n) is 4.00. The number of carboxylic acid groups (broad SMARTS) is 1. The zero-order valence-electron chi connectivity index (χ0n) is 13.6. The number of nitrogens with zero attached hydrogens (tertiary/aromatic N) is 2. The zero-order valence-corrected chi connectivity index (χ0v) is 15.2. The van der Waals surface area contributed by atoms with E-state index < -0.39 is 16.0 Å². The molecule has 0 unspecified atom stereocenters. The molecule has 9 heteroatoms. The molecule has 0 saturated carbocycles. The molecule has 2 heterocycles. The van der Waals surface area contributed by atoms with Crippen LogP contribution in [0.25, 0.3) is 0 Å². The van der Waals surface area contributed by atoms with E-state index in [9.17, 15) is 18.0 Å². The number of hydrogen-bond acceptors (Lipinski definition) is 5. The maximum Gasteiger partial charge on any atom is 0.336 e. The summed E-state index contributed by atoms with van der Waals surface area (Å²) in [5.74, 6) is -1.07. The summed E-state index contributed by atoms with van der Waals surface area (Å²) < 4.78 is 26.5. The third kappa shape index (κ3) is 4.34. The van der Waals surface area contributed by atoms with E-state index in [-0.39, 0.29) is 28.8 Å². The van der Waals surface area contributed by atoms with Crippen LogP contribution in [0.1, 0.15) is 43.0 Å². The summed E-state index contributed by atoms with van der Waals surface area (Å²) in [7, 11) is -3.69. The monoisotopic (exact) mass is 374 g/mol. The first-order chi connectivity index (χ1) is 11.4. The lowest BCUT2D eigenvalue weighted by Crippen LogP contribution is -2.50. The number of sulfonamides is 1. The van der Waals surface area contributed by atoms with Gasteiger partial charge in [0.2, 0.25) is 5.91 Å². The topological polar surface area (TPSA) is 95.0 Å². The van der Waals surface area contributed by atoms with Gasteiger partial charge in [-0.05, 0) is 12.5 Å². The summed E-state index contributed by atoms with van der Waals surface area (Å²) >= 11 is 0.908. The van der Waals surface area contributed by atoms with Gasteiger partial charge < -0.3 is 10.0 Å². The van der Waals surface area contributed by atoms with Crippen molar-refractivity contribution in [3.63, 3.8) is 0 Å². The van der Waals surface area contributed by atoms with E-state index in [1.54, 1.807) is 4.90 Å². The SMILES string of the molecule is CCCCCC(=O)N1CCN(S(=O)(=O)c2cc(C(=O)O)cs2)CC1. The van der Waals surface area contributed by atoms with Crippen LogP contribution in [-0.2, 0) is 14.8 Å². The number of amides is 1. The first-order valence-corrected chi connectivity index (χ1v) is 10.3. The summed E-state index contributed by atoms with van der Waals surface area (Å²) in [6, 6.07) is 1.19. The lowest BCUT2D eigenvalue weighted by molar-refractivity contribution is -0.132. The molecule has 1 aromatic rings. The highest BCUT2D eigenvalue weighted by Gasteiger charge is 2.31. The maximum absolute atomic E-state index is 12.6. The second-order valence-corrected chi connectivity index (χ2v) is 8.78. The van der Waals surface area contributed by atoms with Gasteiger partial charge in [-0.3, -0.25) is 4.79 Å². The maximum atomic E-state index is 12.6. The number of aromatic carboxylic acids is 1. The number of rotatable bonds is 7. The molecule has 0 bridgehead atoms. The van der Waals surface area contributed by atoms with Crippen LogP contribution in [0.3, 0.4) is 0 Å². The fourth-order valence-corrected chi connectivity index (χ4v) is 5.28. The Morgan fingerprint density at radius 3 is 2.42 bits per heavy atom. The second-order valence-electron chi connectivity index (χ2n) is 5.70. The first kappa shape index (κ1) is 18.9. The predicted molar refractivity (Wildman–Crippen MR) is 90.8 cm³/mol. The molecule has 1 N–H and O–H groups in total. The molecule has 0 atom stereocenters. The van der Waals surface area contributed by atoms with E-state index >= 15 is 0 Å². The van der Waals surface area contributed by atoms with Gasteiger partial charge in [0.25, 0.3) is 10.0 Å². The van der Waals surface area contributed by atoms with Crippen molar-refractivity contribution in [3.05, 3.63) is 17.0 Å². The largest absolute Gasteiger partial charge is 0.478 e. The molecule has 0 spiro atoms. The highest BCUT2D eigenvalue weighted by molar-refractivity contribution is 7.91. The normalized spacial score (nSPS) is 16.3. The van der Waals surface area contributed by atoms with Gasteiger partial charge in [0.05, 0.1) is 5.56 Å². The number of hydrogen-bond donors (Lipinski definition) is 1. The number of carbonyl (C=O) groups excluding carboxylic acids is 1. The van der Waals surface area contributed by atoms with Crippen molar-refractivity contribution in [3.8, 4) is 0 Å². The average molecular weight is 374 g/mol. The first-order valence-electron chi connectivity index (χ1n) is 7.96. The zero-order chi connectivity index (χ0) is 17.7. The summed E-state index contributed by atoms with van der Waals surface area (Å²) in [5, 5.41) is 10.2. The van der Waals surface area contributed by atoms with Crippen molar-refractivity contribution in [2.75, 3.05) is 26.2 Å². The van der Waals surface area contributed by atoms with Crippen LogP contribution >= 0.6 is 11.3 Å².